The first-order chi connectivity index (χ1) is 15.2. The fourth-order valence-corrected chi connectivity index (χ4v) is 3.96. The van der Waals surface area contributed by atoms with Crippen LogP contribution in [-0.2, 0) is 11.2 Å². The second kappa shape index (κ2) is 9.44. The molecule has 0 aliphatic carbocycles. The van der Waals surface area contributed by atoms with E-state index in [-0.39, 0.29) is 5.91 Å². The Kier molecular flexibility index (Phi) is 6.28. The number of benzene rings is 2. The lowest BCUT2D eigenvalue weighted by Gasteiger charge is -2.07. The second-order valence-electron chi connectivity index (χ2n) is 6.71. The minimum atomic E-state index is -0.125. The number of thiazole rings is 1. The van der Waals surface area contributed by atoms with E-state index in [0.29, 0.717) is 30.3 Å². The molecule has 0 saturated heterocycles. The first kappa shape index (κ1) is 20.6. The Morgan fingerprint density at radius 2 is 1.94 bits per heavy atom. The first-order valence-corrected chi connectivity index (χ1v) is 10.6. The summed E-state index contributed by atoms with van der Waals surface area (Å²) in [5, 5.41) is 9.56. The zero-order valence-corrected chi connectivity index (χ0v) is 18.1. The monoisotopic (exact) mass is 434 g/mol. The number of methoxy groups -OCH3 is 2. The Bertz CT molecular complexity index is 1210. The zero-order chi connectivity index (χ0) is 21.6. The van der Waals surface area contributed by atoms with Crippen molar-refractivity contribution in [1.29, 1.82) is 0 Å². The summed E-state index contributed by atoms with van der Waals surface area (Å²) in [6.45, 7) is 0.509. The number of nitrogens with zero attached hydrogens (tertiary/aromatic N) is 3. The summed E-state index contributed by atoms with van der Waals surface area (Å²) in [4.78, 5) is 17.5. The molecular formula is C23H22N4O3S. The summed E-state index contributed by atoms with van der Waals surface area (Å²) in [6, 6.07) is 15.3. The van der Waals surface area contributed by atoms with Gasteiger partial charge in [-0.2, -0.15) is 4.98 Å². The van der Waals surface area contributed by atoms with Crippen LogP contribution < -0.4 is 14.8 Å². The van der Waals surface area contributed by atoms with E-state index >= 15 is 0 Å². The molecular weight excluding hydrogens is 412 g/mol. The fraction of sp³-hybridized carbons (Fsp3) is 0.174. The lowest BCUT2D eigenvalue weighted by atomic mass is 10.2. The molecule has 0 aliphatic rings. The summed E-state index contributed by atoms with van der Waals surface area (Å²) >= 11 is 1.52. The van der Waals surface area contributed by atoms with Gasteiger partial charge in [0.15, 0.2) is 17.3 Å². The third kappa shape index (κ3) is 4.75. The Morgan fingerprint density at radius 1 is 1.13 bits per heavy atom. The minimum absolute atomic E-state index is 0.125. The van der Waals surface area contributed by atoms with Crippen molar-refractivity contribution in [3.05, 3.63) is 71.2 Å². The maximum atomic E-state index is 12.1. The van der Waals surface area contributed by atoms with Gasteiger partial charge < -0.3 is 14.8 Å². The molecule has 158 valence electrons. The highest BCUT2D eigenvalue weighted by Gasteiger charge is 2.14. The van der Waals surface area contributed by atoms with E-state index in [4.69, 9.17) is 9.47 Å². The normalized spacial score (nSPS) is 11.2. The molecule has 0 fully saturated rings. The third-order valence-electron chi connectivity index (χ3n) is 4.70. The van der Waals surface area contributed by atoms with E-state index in [1.807, 2.05) is 58.4 Å². The summed E-state index contributed by atoms with van der Waals surface area (Å²) in [6.07, 6.45) is 3.99. The molecule has 0 bridgehead atoms. The van der Waals surface area contributed by atoms with E-state index in [1.54, 1.807) is 26.4 Å². The fourth-order valence-electron chi connectivity index (χ4n) is 3.10. The largest absolute Gasteiger partial charge is 0.493 e. The lowest BCUT2D eigenvalue weighted by molar-refractivity contribution is -0.116. The van der Waals surface area contributed by atoms with Crippen LogP contribution in [0.1, 0.15) is 11.3 Å². The maximum Gasteiger partial charge on any atom is 0.244 e. The van der Waals surface area contributed by atoms with Crippen molar-refractivity contribution in [2.75, 3.05) is 20.8 Å². The average Bonchev–Trinajstić information content (AvgIpc) is 3.39. The number of ether oxygens (including phenoxy) is 2. The Balaban J connectivity index is 1.41. The van der Waals surface area contributed by atoms with Crippen LogP contribution in [0, 0.1) is 0 Å². The van der Waals surface area contributed by atoms with Crippen molar-refractivity contribution in [3.63, 3.8) is 0 Å². The van der Waals surface area contributed by atoms with Crippen LogP contribution in [0.4, 0.5) is 0 Å². The molecule has 0 aliphatic heterocycles. The van der Waals surface area contributed by atoms with Crippen molar-refractivity contribution in [3.8, 4) is 22.9 Å². The molecule has 8 heteroatoms. The molecule has 4 aromatic rings. The SMILES string of the molecule is COc1ccc(-c2nc3scc(CCNC(=O)/C=C/c4ccccc4)n3n2)cc1OC. The molecule has 2 aromatic carbocycles. The van der Waals surface area contributed by atoms with Gasteiger partial charge in [-0.3, -0.25) is 4.79 Å². The van der Waals surface area contributed by atoms with Gasteiger partial charge in [0, 0.05) is 30.0 Å². The molecule has 0 radical (unpaired) electrons. The number of hydrogen-bond acceptors (Lipinski definition) is 6. The van der Waals surface area contributed by atoms with Gasteiger partial charge in [-0.15, -0.1) is 16.4 Å². The molecule has 0 saturated carbocycles. The Hall–Kier alpha value is -3.65. The van der Waals surface area contributed by atoms with E-state index < -0.39 is 0 Å². The average molecular weight is 435 g/mol. The summed E-state index contributed by atoms with van der Waals surface area (Å²) in [5.74, 6) is 1.78. The summed E-state index contributed by atoms with van der Waals surface area (Å²) < 4.78 is 12.5. The summed E-state index contributed by atoms with van der Waals surface area (Å²) in [7, 11) is 3.20. The van der Waals surface area contributed by atoms with Crippen molar-refractivity contribution < 1.29 is 14.3 Å². The highest BCUT2D eigenvalue weighted by atomic mass is 32.1. The van der Waals surface area contributed by atoms with E-state index in [2.05, 4.69) is 15.4 Å². The Morgan fingerprint density at radius 3 is 2.71 bits per heavy atom. The second-order valence-corrected chi connectivity index (χ2v) is 7.55. The van der Waals surface area contributed by atoms with Crippen LogP contribution >= 0.6 is 11.3 Å². The van der Waals surface area contributed by atoms with E-state index in [0.717, 1.165) is 21.8 Å². The van der Waals surface area contributed by atoms with Crippen LogP contribution in [0.5, 0.6) is 11.5 Å². The van der Waals surface area contributed by atoms with Gasteiger partial charge >= 0.3 is 0 Å². The molecule has 2 aromatic heterocycles. The van der Waals surface area contributed by atoms with Gasteiger partial charge in [0.1, 0.15) is 0 Å². The predicted octanol–water partition coefficient (Wildman–Crippen LogP) is 3.85. The van der Waals surface area contributed by atoms with Gasteiger partial charge in [-0.1, -0.05) is 30.3 Å². The van der Waals surface area contributed by atoms with Gasteiger partial charge in [0.25, 0.3) is 0 Å². The third-order valence-corrected chi connectivity index (χ3v) is 5.56. The molecule has 1 amide bonds. The number of aromatic nitrogens is 3. The molecule has 0 unspecified atom stereocenters. The molecule has 7 nitrogen and oxygen atoms in total. The predicted molar refractivity (Wildman–Crippen MR) is 122 cm³/mol. The van der Waals surface area contributed by atoms with Crippen molar-refractivity contribution in [2.45, 2.75) is 6.42 Å². The first-order valence-electron chi connectivity index (χ1n) is 9.74. The number of nitrogens with one attached hydrogen (secondary N) is 1. The van der Waals surface area contributed by atoms with Crippen LogP contribution in [0.15, 0.2) is 60.0 Å². The lowest BCUT2D eigenvalue weighted by Crippen LogP contribution is -2.23. The van der Waals surface area contributed by atoms with Gasteiger partial charge in [0.05, 0.1) is 19.9 Å². The van der Waals surface area contributed by atoms with Crippen LogP contribution in [-0.4, -0.2) is 41.3 Å². The molecule has 4 rings (SSSR count). The van der Waals surface area contributed by atoms with E-state index in [9.17, 15) is 4.79 Å². The van der Waals surface area contributed by atoms with Crippen LogP contribution in [0.3, 0.4) is 0 Å². The van der Waals surface area contributed by atoms with Gasteiger partial charge in [-0.25, -0.2) is 4.52 Å². The van der Waals surface area contributed by atoms with Crippen LogP contribution in [0.25, 0.3) is 22.4 Å². The molecule has 2 heterocycles. The topological polar surface area (TPSA) is 77.8 Å². The highest BCUT2D eigenvalue weighted by molar-refractivity contribution is 7.15. The number of amides is 1. The number of fused-ring (bicyclic) bond motifs is 1. The van der Waals surface area contributed by atoms with Gasteiger partial charge in [-0.05, 0) is 29.8 Å². The number of rotatable bonds is 8. The number of carbonyl (C=O) groups is 1. The quantitative estimate of drug-likeness (QED) is 0.426. The highest BCUT2D eigenvalue weighted by Crippen LogP contribution is 2.31. The number of hydrogen-bond donors (Lipinski definition) is 1. The zero-order valence-electron chi connectivity index (χ0n) is 17.2. The smallest absolute Gasteiger partial charge is 0.244 e. The standard InChI is InChI=1S/C23H22N4O3S/c1-29-19-10-9-17(14-20(19)30-2)22-25-23-27(26-22)18(15-31-23)12-13-24-21(28)11-8-16-6-4-3-5-7-16/h3-11,14-15H,12-13H2,1-2H3,(H,24,28)/b11-8+. The van der Waals surface area contributed by atoms with Crippen molar-refractivity contribution in [2.24, 2.45) is 0 Å². The van der Waals surface area contributed by atoms with Gasteiger partial charge in [0.2, 0.25) is 10.9 Å². The Labute approximate surface area is 184 Å². The molecule has 1 N–H and O–H groups in total. The summed E-state index contributed by atoms with van der Waals surface area (Å²) in [5.41, 5.74) is 2.83. The minimum Gasteiger partial charge on any atom is -0.493 e. The van der Waals surface area contributed by atoms with Crippen LogP contribution in [0.2, 0.25) is 0 Å². The van der Waals surface area contributed by atoms with Crippen molar-refractivity contribution >= 4 is 28.3 Å². The molecule has 0 atom stereocenters. The molecule has 31 heavy (non-hydrogen) atoms. The molecule has 0 spiro atoms. The van der Waals surface area contributed by atoms with E-state index in [1.165, 1.54) is 11.3 Å². The maximum absolute atomic E-state index is 12.1. The number of carbonyl (C=O) groups excluding carboxylic acids is 1. The van der Waals surface area contributed by atoms with Crippen molar-refractivity contribution in [1.82, 2.24) is 19.9 Å².